The van der Waals surface area contributed by atoms with Crippen molar-refractivity contribution in [3.8, 4) is 5.88 Å². The highest BCUT2D eigenvalue weighted by atomic mass is 19.4. The fraction of sp³-hybridized carbons (Fsp3) is 0.478. The van der Waals surface area contributed by atoms with Gasteiger partial charge in [-0.2, -0.15) is 13.2 Å². The predicted octanol–water partition coefficient (Wildman–Crippen LogP) is 2.66. The minimum Gasteiger partial charge on any atom is -0.468 e. The van der Waals surface area contributed by atoms with E-state index in [1.807, 2.05) is 25.9 Å². The number of ether oxygens (including phenoxy) is 1. The fourth-order valence-corrected chi connectivity index (χ4v) is 3.70. The lowest BCUT2D eigenvalue weighted by atomic mass is 10.1. The number of aryl methyl sites for hydroxylation is 1. The van der Waals surface area contributed by atoms with E-state index in [0.29, 0.717) is 41.0 Å². The van der Waals surface area contributed by atoms with Crippen LogP contribution in [0.1, 0.15) is 45.7 Å². The zero-order valence-corrected chi connectivity index (χ0v) is 19.6. The molecule has 2 aromatic rings. The summed E-state index contributed by atoms with van der Waals surface area (Å²) in [5.74, 6) is -0.471. The highest BCUT2D eigenvalue weighted by molar-refractivity contribution is 5.99. The molecule has 1 unspecified atom stereocenters. The molecule has 8 nitrogen and oxygen atoms in total. The molecule has 0 bridgehead atoms. The van der Waals surface area contributed by atoms with E-state index in [1.54, 1.807) is 24.0 Å². The molecule has 0 fully saturated rings. The highest BCUT2D eigenvalue weighted by Gasteiger charge is 2.34. The number of alkyl halides is 3. The Balaban J connectivity index is 1.71. The third kappa shape index (κ3) is 6.22. The van der Waals surface area contributed by atoms with Gasteiger partial charge >= 0.3 is 6.18 Å². The maximum Gasteiger partial charge on any atom is 0.422 e. The van der Waals surface area contributed by atoms with Crippen molar-refractivity contribution < 1.29 is 27.5 Å². The first-order valence-corrected chi connectivity index (χ1v) is 10.8. The highest BCUT2D eigenvalue weighted by Crippen LogP contribution is 2.33. The molecule has 1 atom stereocenters. The molecule has 0 aliphatic carbocycles. The van der Waals surface area contributed by atoms with Crippen LogP contribution in [-0.4, -0.2) is 71.6 Å². The lowest BCUT2D eigenvalue weighted by Gasteiger charge is -2.25. The van der Waals surface area contributed by atoms with Gasteiger partial charge in [0.1, 0.15) is 0 Å². The minimum atomic E-state index is -4.46. The molecule has 11 heteroatoms. The van der Waals surface area contributed by atoms with E-state index >= 15 is 0 Å². The Kier molecular flexibility index (Phi) is 7.75. The van der Waals surface area contributed by atoms with Gasteiger partial charge in [-0.3, -0.25) is 14.6 Å². The Morgan fingerprint density at radius 1 is 1.32 bits per heavy atom. The summed E-state index contributed by atoms with van der Waals surface area (Å²) in [5.41, 5.74) is 2.85. The van der Waals surface area contributed by atoms with Gasteiger partial charge in [-0.15, -0.1) is 0 Å². The number of nitrogens with one attached hydrogen (secondary N) is 1. The predicted molar refractivity (Wildman–Crippen MR) is 118 cm³/mol. The SMILES string of the molecule is Cc1cc(C(C)N2Cc3c(ccnc3CC(=O)NCCN(C)C)C2=O)cnc1OCC(F)(F)F. The third-order valence-electron chi connectivity index (χ3n) is 5.55. The van der Waals surface area contributed by atoms with E-state index in [0.717, 1.165) is 0 Å². The minimum absolute atomic E-state index is 0.0675. The summed E-state index contributed by atoms with van der Waals surface area (Å²) in [5, 5.41) is 2.85. The van der Waals surface area contributed by atoms with Crippen molar-refractivity contribution in [1.29, 1.82) is 0 Å². The molecule has 1 aliphatic heterocycles. The second-order valence-electron chi connectivity index (χ2n) is 8.52. The summed E-state index contributed by atoms with van der Waals surface area (Å²) in [4.78, 5) is 37.4. The van der Waals surface area contributed by atoms with Crippen molar-refractivity contribution in [3.05, 3.63) is 52.5 Å². The van der Waals surface area contributed by atoms with Crippen molar-refractivity contribution in [2.45, 2.75) is 39.0 Å². The number of carbonyl (C=O) groups excluding carboxylic acids is 2. The number of hydrogen-bond acceptors (Lipinski definition) is 6. The van der Waals surface area contributed by atoms with E-state index in [9.17, 15) is 22.8 Å². The van der Waals surface area contributed by atoms with E-state index in [-0.39, 0.29) is 30.7 Å². The van der Waals surface area contributed by atoms with Crippen LogP contribution in [0.3, 0.4) is 0 Å². The average molecular weight is 480 g/mol. The van der Waals surface area contributed by atoms with Crippen molar-refractivity contribution in [3.63, 3.8) is 0 Å². The second-order valence-corrected chi connectivity index (χ2v) is 8.52. The molecule has 3 heterocycles. The molecule has 34 heavy (non-hydrogen) atoms. The van der Waals surface area contributed by atoms with Gasteiger partial charge in [-0.25, -0.2) is 4.98 Å². The summed E-state index contributed by atoms with van der Waals surface area (Å²) >= 11 is 0. The van der Waals surface area contributed by atoms with Gasteiger partial charge in [0, 0.05) is 48.7 Å². The lowest BCUT2D eigenvalue weighted by Crippen LogP contribution is -2.32. The standard InChI is InChI=1S/C23H28F3N5O3/c1-14-9-16(11-29-21(14)34-13-23(24,25)26)15(2)31-12-18-17(22(31)33)5-6-27-19(18)10-20(32)28-7-8-30(3)4/h5-6,9,11,15H,7-8,10,12-13H2,1-4H3,(H,28,32). The normalized spacial score (nSPS) is 14.4. The largest absolute Gasteiger partial charge is 0.468 e. The van der Waals surface area contributed by atoms with E-state index in [1.165, 1.54) is 12.4 Å². The van der Waals surface area contributed by atoms with Crippen LogP contribution in [0.25, 0.3) is 0 Å². The molecule has 1 aliphatic rings. The number of fused-ring (bicyclic) bond motifs is 1. The van der Waals surface area contributed by atoms with Crippen LogP contribution in [0.5, 0.6) is 5.88 Å². The number of carbonyl (C=O) groups is 2. The number of nitrogens with zero attached hydrogens (tertiary/aromatic N) is 4. The van der Waals surface area contributed by atoms with E-state index in [2.05, 4.69) is 15.3 Å². The number of hydrogen-bond donors (Lipinski definition) is 1. The Morgan fingerprint density at radius 3 is 2.71 bits per heavy atom. The molecular formula is C23H28F3N5O3. The van der Waals surface area contributed by atoms with Crippen molar-refractivity contribution in [1.82, 2.24) is 25.1 Å². The van der Waals surface area contributed by atoms with Crippen molar-refractivity contribution in [2.75, 3.05) is 33.8 Å². The van der Waals surface area contributed by atoms with Crippen LogP contribution >= 0.6 is 0 Å². The molecule has 1 N–H and O–H groups in total. The van der Waals surface area contributed by atoms with Crippen LogP contribution in [0.15, 0.2) is 24.5 Å². The molecule has 0 radical (unpaired) electrons. The summed E-state index contributed by atoms with van der Waals surface area (Å²) in [6, 6.07) is 2.90. The van der Waals surface area contributed by atoms with Crippen LogP contribution < -0.4 is 10.1 Å². The Labute approximate surface area is 196 Å². The molecule has 0 spiro atoms. The summed E-state index contributed by atoms with van der Waals surface area (Å²) in [6.45, 7) is 3.49. The maximum absolute atomic E-state index is 13.1. The Bertz CT molecular complexity index is 1060. The van der Waals surface area contributed by atoms with Crippen LogP contribution in [0.2, 0.25) is 0 Å². The number of aromatic nitrogens is 2. The fourth-order valence-electron chi connectivity index (χ4n) is 3.70. The molecule has 2 aromatic heterocycles. The number of rotatable bonds is 9. The van der Waals surface area contributed by atoms with E-state index in [4.69, 9.17) is 4.74 Å². The van der Waals surface area contributed by atoms with Gasteiger partial charge in [0.2, 0.25) is 11.8 Å². The summed E-state index contributed by atoms with van der Waals surface area (Å²) in [6.07, 6.45) is -1.45. The molecule has 184 valence electrons. The zero-order valence-electron chi connectivity index (χ0n) is 19.6. The van der Waals surface area contributed by atoms with Crippen molar-refractivity contribution >= 4 is 11.8 Å². The van der Waals surface area contributed by atoms with Crippen LogP contribution in [0.4, 0.5) is 13.2 Å². The smallest absolute Gasteiger partial charge is 0.422 e. The zero-order chi connectivity index (χ0) is 25.0. The summed E-state index contributed by atoms with van der Waals surface area (Å²) in [7, 11) is 3.83. The molecule has 2 amide bonds. The van der Waals surface area contributed by atoms with Gasteiger partial charge in [-0.05, 0) is 45.6 Å². The molecular weight excluding hydrogens is 451 g/mol. The molecule has 0 saturated heterocycles. The summed E-state index contributed by atoms with van der Waals surface area (Å²) < 4.78 is 42.1. The van der Waals surface area contributed by atoms with Gasteiger partial charge in [-0.1, -0.05) is 0 Å². The van der Waals surface area contributed by atoms with Crippen LogP contribution in [0, 0.1) is 6.92 Å². The number of halogens is 3. The Hall–Kier alpha value is -3.21. The van der Waals surface area contributed by atoms with Gasteiger partial charge in [0.15, 0.2) is 6.61 Å². The quantitative estimate of drug-likeness (QED) is 0.595. The van der Waals surface area contributed by atoms with Gasteiger partial charge in [0.05, 0.1) is 18.2 Å². The molecule has 3 rings (SSSR count). The molecule has 0 aromatic carbocycles. The lowest BCUT2D eigenvalue weighted by molar-refractivity contribution is -0.154. The van der Waals surface area contributed by atoms with Gasteiger partial charge < -0.3 is 19.9 Å². The first kappa shape index (κ1) is 25.4. The topological polar surface area (TPSA) is 87.7 Å². The maximum atomic E-state index is 13.1. The first-order valence-electron chi connectivity index (χ1n) is 10.8. The van der Waals surface area contributed by atoms with Gasteiger partial charge in [0.25, 0.3) is 5.91 Å². The second kappa shape index (κ2) is 10.4. The number of likely N-dealkylation sites (N-methyl/N-ethyl adjacent to an activating group) is 1. The van der Waals surface area contributed by atoms with Crippen LogP contribution in [-0.2, 0) is 17.8 Å². The van der Waals surface area contributed by atoms with E-state index < -0.39 is 18.8 Å². The monoisotopic (exact) mass is 479 g/mol. The number of pyridine rings is 2. The molecule has 0 saturated carbocycles. The third-order valence-corrected chi connectivity index (χ3v) is 5.55. The number of amides is 2. The Morgan fingerprint density at radius 2 is 2.06 bits per heavy atom. The average Bonchev–Trinajstić information content (AvgIpc) is 3.09. The van der Waals surface area contributed by atoms with Crippen molar-refractivity contribution in [2.24, 2.45) is 0 Å². The first-order chi connectivity index (χ1) is 16.0.